The van der Waals surface area contributed by atoms with Gasteiger partial charge in [0.25, 0.3) is 0 Å². The number of benzene rings is 1. The topological polar surface area (TPSA) is 29.5 Å². The van der Waals surface area contributed by atoms with E-state index in [1.807, 2.05) is 12.1 Å². The summed E-state index contributed by atoms with van der Waals surface area (Å²) in [5.41, 5.74) is 0.952. The van der Waals surface area contributed by atoms with Gasteiger partial charge in [0.15, 0.2) is 0 Å². The molecule has 1 aromatic carbocycles. The molecule has 1 aromatic rings. The molecule has 0 fully saturated rings. The molecule has 0 saturated heterocycles. The predicted octanol–water partition coefficient (Wildman–Crippen LogP) is 4.45. The lowest BCUT2D eigenvalue weighted by molar-refractivity contribution is 0.111. The SMILES string of the molecule is COc1ccc(C(O)CC(C)C(C)(C)C)c(Cl)c1. The van der Waals surface area contributed by atoms with Gasteiger partial charge in [0.05, 0.1) is 18.2 Å². The molecule has 0 aliphatic carbocycles. The molecule has 0 bridgehead atoms. The van der Waals surface area contributed by atoms with Crippen LogP contribution in [0.1, 0.15) is 45.8 Å². The van der Waals surface area contributed by atoms with Gasteiger partial charge in [-0.1, -0.05) is 45.4 Å². The highest BCUT2D eigenvalue weighted by molar-refractivity contribution is 6.31. The Bertz CT molecular complexity index is 396. The zero-order valence-electron chi connectivity index (χ0n) is 11.8. The highest BCUT2D eigenvalue weighted by Crippen LogP contribution is 2.36. The van der Waals surface area contributed by atoms with Crippen LogP contribution in [0.15, 0.2) is 18.2 Å². The van der Waals surface area contributed by atoms with Crippen LogP contribution in [-0.2, 0) is 0 Å². The minimum atomic E-state index is -0.530. The molecule has 0 amide bonds. The number of hydrogen-bond acceptors (Lipinski definition) is 2. The second-order valence-electron chi connectivity index (χ2n) is 5.91. The van der Waals surface area contributed by atoms with Crippen molar-refractivity contribution in [2.75, 3.05) is 7.11 Å². The van der Waals surface area contributed by atoms with Crippen LogP contribution in [0, 0.1) is 11.3 Å². The van der Waals surface area contributed by atoms with Crippen molar-refractivity contribution in [1.29, 1.82) is 0 Å². The molecule has 0 saturated carbocycles. The normalized spacial score (nSPS) is 15.3. The van der Waals surface area contributed by atoms with Gasteiger partial charge >= 0.3 is 0 Å². The first-order valence-electron chi connectivity index (χ1n) is 6.27. The second kappa shape index (κ2) is 5.94. The summed E-state index contributed by atoms with van der Waals surface area (Å²) in [6.07, 6.45) is 0.174. The first-order valence-corrected chi connectivity index (χ1v) is 6.65. The first-order chi connectivity index (χ1) is 8.25. The van der Waals surface area contributed by atoms with Crippen molar-refractivity contribution in [3.63, 3.8) is 0 Å². The first kappa shape index (κ1) is 15.3. The van der Waals surface area contributed by atoms with Gasteiger partial charge in [-0.2, -0.15) is 0 Å². The average molecular weight is 271 g/mol. The summed E-state index contributed by atoms with van der Waals surface area (Å²) in [6, 6.07) is 5.40. The largest absolute Gasteiger partial charge is 0.497 e. The van der Waals surface area contributed by atoms with E-state index in [1.54, 1.807) is 13.2 Å². The lowest BCUT2D eigenvalue weighted by Gasteiger charge is -2.29. The van der Waals surface area contributed by atoms with E-state index in [-0.39, 0.29) is 5.41 Å². The third kappa shape index (κ3) is 3.89. The van der Waals surface area contributed by atoms with Crippen molar-refractivity contribution >= 4 is 11.6 Å². The third-order valence-electron chi connectivity index (χ3n) is 3.62. The molecule has 0 aliphatic rings. The molecule has 0 spiro atoms. The fourth-order valence-corrected chi connectivity index (χ4v) is 2.02. The Morgan fingerprint density at radius 3 is 2.39 bits per heavy atom. The number of methoxy groups -OCH3 is 1. The average Bonchev–Trinajstić information content (AvgIpc) is 2.27. The Balaban J connectivity index is 2.81. The van der Waals surface area contributed by atoms with E-state index in [0.717, 1.165) is 5.56 Å². The van der Waals surface area contributed by atoms with Gasteiger partial charge in [-0.25, -0.2) is 0 Å². The summed E-state index contributed by atoms with van der Waals surface area (Å²) in [7, 11) is 1.60. The van der Waals surface area contributed by atoms with E-state index in [2.05, 4.69) is 27.7 Å². The molecular formula is C15H23ClO2. The number of rotatable bonds is 4. The lowest BCUT2D eigenvalue weighted by atomic mass is 9.78. The minimum Gasteiger partial charge on any atom is -0.497 e. The Morgan fingerprint density at radius 2 is 1.94 bits per heavy atom. The molecule has 2 unspecified atom stereocenters. The van der Waals surface area contributed by atoms with Crippen LogP contribution >= 0.6 is 11.6 Å². The van der Waals surface area contributed by atoms with Crippen LogP contribution in [0.2, 0.25) is 5.02 Å². The Labute approximate surface area is 115 Å². The van der Waals surface area contributed by atoms with Crippen molar-refractivity contribution in [1.82, 2.24) is 0 Å². The van der Waals surface area contributed by atoms with E-state index in [9.17, 15) is 5.11 Å². The zero-order valence-corrected chi connectivity index (χ0v) is 12.6. The molecule has 1 N–H and O–H groups in total. The van der Waals surface area contributed by atoms with E-state index >= 15 is 0 Å². The van der Waals surface area contributed by atoms with Crippen molar-refractivity contribution in [3.8, 4) is 5.75 Å². The third-order valence-corrected chi connectivity index (χ3v) is 3.95. The maximum Gasteiger partial charge on any atom is 0.120 e. The lowest BCUT2D eigenvalue weighted by Crippen LogP contribution is -2.19. The predicted molar refractivity (Wildman–Crippen MR) is 76.2 cm³/mol. The molecule has 18 heavy (non-hydrogen) atoms. The van der Waals surface area contributed by atoms with Gasteiger partial charge in [0, 0.05) is 0 Å². The Kier molecular flexibility index (Phi) is 5.06. The van der Waals surface area contributed by atoms with Gasteiger partial charge in [-0.05, 0) is 35.4 Å². The van der Waals surface area contributed by atoms with E-state index in [0.29, 0.717) is 23.1 Å². The zero-order chi connectivity index (χ0) is 13.9. The summed E-state index contributed by atoms with van der Waals surface area (Å²) in [6.45, 7) is 8.70. The summed E-state index contributed by atoms with van der Waals surface area (Å²) in [5.74, 6) is 1.12. The minimum absolute atomic E-state index is 0.180. The van der Waals surface area contributed by atoms with Gasteiger partial charge in [0.1, 0.15) is 5.75 Å². The summed E-state index contributed by atoms with van der Waals surface area (Å²) >= 11 is 6.16. The summed E-state index contributed by atoms with van der Waals surface area (Å²) < 4.78 is 5.10. The van der Waals surface area contributed by atoms with Crippen molar-refractivity contribution < 1.29 is 9.84 Å². The summed E-state index contributed by atoms with van der Waals surface area (Å²) in [5, 5.41) is 10.8. The number of aliphatic hydroxyl groups is 1. The maximum atomic E-state index is 10.3. The number of halogens is 1. The van der Waals surface area contributed by atoms with Gasteiger partial charge in [-0.3, -0.25) is 0 Å². The fourth-order valence-electron chi connectivity index (χ4n) is 1.72. The maximum absolute atomic E-state index is 10.3. The molecule has 0 aliphatic heterocycles. The Morgan fingerprint density at radius 1 is 1.33 bits per heavy atom. The molecule has 1 rings (SSSR count). The van der Waals surface area contributed by atoms with Crippen LogP contribution < -0.4 is 4.74 Å². The van der Waals surface area contributed by atoms with Crippen LogP contribution in [0.5, 0.6) is 5.75 Å². The molecule has 0 aromatic heterocycles. The molecule has 3 heteroatoms. The van der Waals surface area contributed by atoms with Gasteiger partial charge in [-0.15, -0.1) is 0 Å². The summed E-state index contributed by atoms with van der Waals surface area (Å²) in [4.78, 5) is 0. The molecule has 102 valence electrons. The number of aliphatic hydroxyl groups excluding tert-OH is 1. The number of ether oxygens (including phenoxy) is 1. The molecular weight excluding hydrogens is 248 g/mol. The highest BCUT2D eigenvalue weighted by Gasteiger charge is 2.24. The van der Waals surface area contributed by atoms with Crippen LogP contribution in [0.4, 0.5) is 0 Å². The van der Waals surface area contributed by atoms with Crippen LogP contribution in [-0.4, -0.2) is 12.2 Å². The van der Waals surface area contributed by atoms with E-state index < -0.39 is 6.10 Å². The van der Waals surface area contributed by atoms with E-state index in [4.69, 9.17) is 16.3 Å². The molecule has 2 nitrogen and oxygen atoms in total. The monoisotopic (exact) mass is 270 g/mol. The van der Waals surface area contributed by atoms with Crippen molar-refractivity contribution in [2.24, 2.45) is 11.3 Å². The van der Waals surface area contributed by atoms with Crippen molar-refractivity contribution in [3.05, 3.63) is 28.8 Å². The van der Waals surface area contributed by atoms with E-state index in [1.165, 1.54) is 0 Å². The highest BCUT2D eigenvalue weighted by atomic mass is 35.5. The van der Waals surface area contributed by atoms with Crippen LogP contribution in [0.3, 0.4) is 0 Å². The fraction of sp³-hybridized carbons (Fsp3) is 0.600. The standard InChI is InChI=1S/C15H23ClO2/c1-10(15(2,3)4)8-14(17)12-7-6-11(18-5)9-13(12)16/h6-7,9-10,14,17H,8H2,1-5H3. The Hall–Kier alpha value is -0.730. The van der Waals surface area contributed by atoms with Gasteiger partial charge in [0.2, 0.25) is 0 Å². The quantitative estimate of drug-likeness (QED) is 0.876. The molecule has 0 heterocycles. The number of hydrogen-bond donors (Lipinski definition) is 1. The van der Waals surface area contributed by atoms with Crippen molar-refractivity contribution in [2.45, 2.75) is 40.2 Å². The van der Waals surface area contributed by atoms with Gasteiger partial charge < -0.3 is 9.84 Å². The van der Waals surface area contributed by atoms with Crippen LogP contribution in [0.25, 0.3) is 0 Å². The smallest absolute Gasteiger partial charge is 0.120 e. The molecule has 0 radical (unpaired) electrons. The molecule has 2 atom stereocenters. The second-order valence-corrected chi connectivity index (χ2v) is 6.31.